The number of likely N-dealkylation sites (tertiary alicyclic amines) is 1. The number of H-pyrrole nitrogens is 1. The third-order valence-electron chi connectivity index (χ3n) is 6.36. The van der Waals surface area contributed by atoms with Gasteiger partial charge in [0.25, 0.3) is 0 Å². The lowest BCUT2D eigenvalue weighted by Gasteiger charge is -2.29. The first-order valence-corrected chi connectivity index (χ1v) is 11.6. The zero-order chi connectivity index (χ0) is 21.9. The number of aromatic nitrogens is 1. The van der Waals surface area contributed by atoms with Crippen molar-refractivity contribution in [1.82, 2.24) is 9.88 Å². The summed E-state index contributed by atoms with van der Waals surface area (Å²) in [5, 5.41) is 5.35. The molecule has 0 aliphatic carbocycles. The van der Waals surface area contributed by atoms with Gasteiger partial charge in [-0.15, -0.1) is 0 Å². The van der Waals surface area contributed by atoms with Gasteiger partial charge in [0.15, 0.2) is 5.11 Å². The summed E-state index contributed by atoms with van der Waals surface area (Å²) in [5.74, 6) is 0.592. The highest BCUT2D eigenvalue weighted by Crippen LogP contribution is 2.36. The molecule has 4 nitrogen and oxygen atoms in total. The molecule has 1 aliphatic heterocycles. The fourth-order valence-electron chi connectivity index (χ4n) is 4.59. The lowest BCUT2D eigenvalue weighted by atomic mass is 9.89. The lowest BCUT2D eigenvalue weighted by molar-refractivity contribution is 0.256. The standard InChI is InChI=1S/C27H28N4S/c1-30-16-14-20(15-17-30)25-19-28-26-13-12-23(18-24(25)26)31(22-10-6-3-7-11-22)27(32)29-21-8-4-2-5-9-21/h2-13,18-20,28H,14-17H2,1H3,(H,29,32). The van der Waals surface area contributed by atoms with Crippen molar-refractivity contribution in [3.8, 4) is 0 Å². The van der Waals surface area contributed by atoms with Crippen molar-refractivity contribution in [2.75, 3.05) is 30.4 Å². The summed E-state index contributed by atoms with van der Waals surface area (Å²) in [6.45, 7) is 2.30. The van der Waals surface area contributed by atoms with Crippen molar-refractivity contribution in [3.63, 3.8) is 0 Å². The van der Waals surface area contributed by atoms with Gasteiger partial charge in [-0.25, -0.2) is 0 Å². The zero-order valence-corrected chi connectivity index (χ0v) is 19.1. The number of nitrogens with one attached hydrogen (secondary N) is 2. The number of para-hydroxylation sites is 2. The Morgan fingerprint density at radius 1 is 0.938 bits per heavy atom. The van der Waals surface area contributed by atoms with Gasteiger partial charge in [0.1, 0.15) is 0 Å². The predicted octanol–water partition coefficient (Wildman–Crippen LogP) is 6.51. The number of benzene rings is 3. The van der Waals surface area contributed by atoms with Gasteiger partial charge in [0.2, 0.25) is 0 Å². The summed E-state index contributed by atoms with van der Waals surface area (Å²) in [6, 6.07) is 27.0. The second kappa shape index (κ2) is 9.15. The van der Waals surface area contributed by atoms with Crippen molar-refractivity contribution >= 4 is 45.3 Å². The van der Waals surface area contributed by atoms with E-state index in [-0.39, 0.29) is 0 Å². The van der Waals surface area contributed by atoms with E-state index in [0.717, 1.165) is 30.2 Å². The molecule has 1 fully saturated rings. The summed E-state index contributed by atoms with van der Waals surface area (Å²) in [7, 11) is 2.21. The highest BCUT2D eigenvalue weighted by molar-refractivity contribution is 7.80. The number of hydrogen-bond acceptors (Lipinski definition) is 2. The zero-order valence-electron chi connectivity index (χ0n) is 18.3. The van der Waals surface area contributed by atoms with Crippen molar-refractivity contribution in [1.29, 1.82) is 0 Å². The lowest BCUT2D eigenvalue weighted by Crippen LogP contribution is -2.30. The first kappa shape index (κ1) is 20.7. The van der Waals surface area contributed by atoms with Crippen LogP contribution in [0.1, 0.15) is 24.3 Å². The van der Waals surface area contributed by atoms with E-state index in [2.05, 4.69) is 63.7 Å². The molecule has 2 heterocycles. The summed E-state index contributed by atoms with van der Waals surface area (Å²) in [4.78, 5) is 8.03. The first-order valence-electron chi connectivity index (χ1n) is 11.2. The molecule has 1 aromatic heterocycles. The van der Waals surface area contributed by atoms with Crippen LogP contribution in [-0.4, -0.2) is 35.1 Å². The fourth-order valence-corrected chi connectivity index (χ4v) is 4.92. The van der Waals surface area contributed by atoms with Gasteiger partial charge >= 0.3 is 0 Å². The number of fused-ring (bicyclic) bond motifs is 1. The van der Waals surface area contributed by atoms with Crippen molar-refractivity contribution in [3.05, 3.63) is 90.6 Å². The minimum atomic E-state index is 0.592. The monoisotopic (exact) mass is 440 g/mol. The Bertz CT molecular complexity index is 1190. The van der Waals surface area contributed by atoms with Crippen LogP contribution in [0.5, 0.6) is 0 Å². The van der Waals surface area contributed by atoms with Gasteiger partial charge in [-0.1, -0.05) is 36.4 Å². The molecular weight excluding hydrogens is 412 g/mol. The molecular formula is C27H28N4S. The molecule has 32 heavy (non-hydrogen) atoms. The van der Waals surface area contributed by atoms with E-state index in [4.69, 9.17) is 12.2 Å². The van der Waals surface area contributed by atoms with Crippen LogP contribution in [0.4, 0.5) is 17.1 Å². The molecule has 0 bridgehead atoms. The second-order valence-corrected chi connectivity index (χ2v) is 8.91. The number of rotatable bonds is 4. The number of piperidine rings is 1. The summed E-state index contributed by atoms with van der Waals surface area (Å²) in [6.07, 6.45) is 4.60. The molecule has 5 heteroatoms. The molecule has 2 N–H and O–H groups in total. The summed E-state index contributed by atoms with van der Waals surface area (Å²) in [5.41, 5.74) is 5.68. The molecule has 0 radical (unpaired) electrons. The minimum absolute atomic E-state index is 0.592. The summed E-state index contributed by atoms with van der Waals surface area (Å²) < 4.78 is 0. The maximum Gasteiger partial charge on any atom is 0.182 e. The molecule has 1 saturated heterocycles. The van der Waals surface area contributed by atoms with Crippen LogP contribution in [-0.2, 0) is 0 Å². The third-order valence-corrected chi connectivity index (χ3v) is 6.64. The molecule has 0 saturated carbocycles. The average Bonchev–Trinajstić information content (AvgIpc) is 3.24. The van der Waals surface area contributed by atoms with Crippen molar-refractivity contribution in [2.24, 2.45) is 0 Å². The highest BCUT2D eigenvalue weighted by Gasteiger charge is 2.22. The maximum absolute atomic E-state index is 5.90. The highest BCUT2D eigenvalue weighted by atomic mass is 32.1. The quantitative estimate of drug-likeness (QED) is 0.354. The van der Waals surface area contributed by atoms with Gasteiger partial charge in [-0.05, 0) is 99.1 Å². The fraction of sp³-hybridized carbons (Fsp3) is 0.222. The molecule has 1 aliphatic rings. The van der Waals surface area contributed by atoms with E-state index in [9.17, 15) is 0 Å². The summed E-state index contributed by atoms with van der Waals surface area (Å²) >= 11 is 5.90. The molecule has 4 aromatic rings. The van der Waals surface area contributed by atoms with Crippen LogP contribution < -0.4 is 10.2 Å². The van der Waals surface area contributed by atoms with E-state index < -0.39 is 0 Å². The van der Waals surface area contributed by atoms with Crippen LogP contribution in [0.2, 0.25) is 0 Å². The van der Waals surface area contributed by atoms with Gasteiger partial charge in [0, 0.05) is 34.2 Å². The molecule has 5 rings (SSSR count). The van der Waals surface area contributed by atoms with E-state index in [0.29, 0.717) is 11.0 Å². The Morgan fingerprint density at radius 3 is 2.34 bits per heavy atom. The van der Waals surface area contributed by atoms with Gasteiger partial charge in [-0.2, -0.15) is 0 Å². The van der Waals surface area contributed by atoms with Crippen molar-refractivity contribution in [2.45, 2.75) is 18.8 Å². The Morgan fingerprint density at radius 2 is 1.62 bits per heavy atom. The van der Waals surface area contributed by atoms with E-state index >= 15 is 0 Å². The molecule has 3 aromatic carbocycles. The van der Waals surface area contributed by atoms with E-state index in [1.54, 1.807) is 0 Å². The largest absolute Gasteiger partial charge is 0.361 e. The number of thiocarbonyl (C=S) groups is 1. The average molecular weight is 441 g/mol. The van der Waals surface area contributed by atoms with Gasteiger partial charge in [0.05, 0.1) is 0 Å². The van der Waals surface area contributed by atoms with E-state index in [1.165, 1.54) is 29.3 Å². The maximum atomic E-state index is 5.90. The normalized spacial score (nSPS) is 15.0. The van der Waals surface area contributed by atoms with Crippen LogP contribution in [0.3, 0.4) is 0 Å². The molecule has 0 unspecified atom stereocenters. The van der Waals surface area contributed by atoms with Crippen molar-refractivity contribution < 1.29 is 0 Å². The Labute approximate surface area is 194 Å². The smallest absolute Gasteiger partial charge is 0.182 e. The van der Waals surface area contributed by atoms with Crippen LogP contribution in [0, 0.1) is 0 Å². The molecule has 162 valence electrons. The van der Waals surface area contributed by atoms with E-state index in [1.807, 2.05) is 48.5 Å². The SMILES string of the molecule is CN1CCC(c2c[nH]c3ccc(N(C(=S)Nc4ccccc4)c4ccccc4)cc23)CC1. The molecule has 0 spiro atoms. The minimum Gasteiger partial charge on any atom is -0.361 e. The number of nitrogens with zero attached hydrogens (tertiary/aromatic N) is 2. The van der Waals surface area contributed by atoms with Crippen LogP contribution in [0.15, 0.2) is 85.1 Å². The number of hydrogen-bond donors (Lipinski definition) is 2. The van der Waals surface area contributed by atoms with Gasteiger partial charge in [-0.3, -0.25) is 4.90 Å². The Hall–Kier alpha value is -3.15. The Balaban J connectivity index is 1.53. The molecule has 0 atom stereocenters. The van der Waals surface area contributed by atoms with Gasteiger partial charge < -0.3 is 15.2 Å². The second-order valence-electron chi connectivity index (χ2n) is 8.52. The number of aromatic amines is 1. The first-order chi connectivity index (χ1) is 15.7. The number of anilines is 3. The molecule has 0 amide bonds. The third kappa shape index (κ3) is 4.27. The van der Waals surface area contributed by atoms with Crippen LogP contribution >= 0.6 is 12.2 Å². The Kier molecular flexibility index (Phi) is 5.93. The predicted molar refractivity (Wildman–Crippen MR) is 139 cm³/mol. The van der Waals surface area contributed by atoms with Crippen LogP contribution in [0.25, 0.3) is 10.9 Å². The topological polar surface area (TPSA) is 34.3 Å².